The molecule has 150 valence electrons. The summed E-state index contributed by atoms with van der Waals surface area (Å²) in [5.41, 5.74) is 6.00. The highest BCUT2D eigenvalue weighted by Gasteiger charge is 2.16. The van der Waals surface area contributed by atoms with Gasteiger partial charge in [-0.3, -0.25) is 4.79 Å². The lowest BCUT2D eigenvalue weighted by molar-refractivity contribution is 0.102. The van der Waals surface area contributed by atoms with Crippen LogP contribution in [0.5, 0.6) is 5.75 Å². The third-order valence-electron chi connectivity index (χ3n) is 4.98. The Balaban J connectivity index is 1.83. The predicted octanol–water partition coefficient (Wildman–Crippen LogP) is 6.54. The molecule has 0 spiro atoms. The number of rotatable bonds is 4. The Morgan fingerprint density at radius 1 is 0.967 bits per heavy atom. The summed E-state index contributed by atoms with van der Waals surface area (Å²) in [5.74, 6) is 0.571. The SMILES string of the molecule is COc1ccc(NC(=O)c2cc(-c3ccc(Br)cc3)nc3c(C)cc(C)cc23)cc1. The van der Waals surface area contributed by atoms with Crippen molar-refractivity contribution in [2.75, 3.05) is 12.4 Å². The first kappa shape index (κ1) is 20.1. The third kappa shape index (κ3) is 4.07. The summed E-state index contributed by atoms with van der Waals surface area (Å²) in [4.78, 5) is 18.1. The summed E-state index contributed by atoms with van der Waals surface area (Å²) in [7, 11) is 1.62. The van der Waals surface area contributed by atoms with Crippen molar-refractivity contribution in [3.8, 4) is 17.0 Å². The molecule has 1 amide bonds. The van der Waals surface area contributed by atoms with Gasteiger partial charge in [-0.1, -0.05) is 39.7 Å². The monoisotopic (exact) mass is 460 g/mol. The van der Waals surface area contributed by atoms with Gasteiger partial charge in [0.2, 0.25) is 0 Å². The minimum atomic E-state index is -0.170. The number of carbonyl (C=O) groups is 1. The third-order valence-corrected chi connectivity index (χ3v) is 5.51. The molecular formula is C25H21BrN2O2. The Morgan fingerprint density at radius 3 is 2.33 bits per heavy atom. The summed E-state index contributed by atoms with van der Waals surface area (Å²) in [6.45, 7) is 4.05. The Bertz CT molecular complexity index is 1230. The molecule has 4 nitrogen and oxygen atoms in total. The van der Waals surface area contributed by atoms with Gasteiger partial charge >= 0.3 is 0 Å². The maximum atomic E-state index is 13.3. The maximum absolute atomic E-state index is 13.3. The van der Waals surface area contributed by atoms with Gasteiger partial charge in [0.1, 0.15) is 5.75 Å². The van der Waals surface area contributed by atoms with Gasteiger partial charge in [0.25, 0.3) is 5.91 Å². The molecule has 1 heterocycles. The predicted molar refractivity (Wildman–Crippen MR) is 125 cm³/mol. The number of aryl methyl sites for hydroxylation is 2. The molecule has 1 N–H and O–H groups in total. The molecule has 0 saturated carbocycles. The van der Waals surface area contributed by atoms with Crippen molar-refractivity contribution in [1.29, 1.82) is 0 Å². The second-order valence-electron chi connectivity index (χ2n) is 7.22. The number of halogens is 1. The lowest BCUT2D eigenvalue weighted by Gasteiger charge is -2.13. The molecule has 0 bridgehead atoms. The Labute approximate surface area is 184 Å². The molecule has 0 aliphatic rings. The van der Waals surface area contributed by atoms with Gasteiger partial charge in [0.15, 0.2) is 0 Å². The average molecular weight is 461 g/mol. The average Bonchev–Trinajstić information content (AvgIpc) is 2.74. The number of hydrogen-bond donors (Lipinski definition) is 1. The second-order valence-corrected chi connectivity index (χ2v) is 8.14. The van der Waals surface area contributed by atoms with Crippen molar-refractivity contribution in [2.24, 2.45) is 0 Å². The summed E-state index contributed by atoms with van der Waals surface area (Å²) in [5, 5.41) is 3.85. The first-order valence-corrected chi connectivity index (χ1v) is 10.4. The zero-order valence-electron chi connectivity index (χ0n) is 17.0. The van der Waals surface area contributed by atoms with E-state index in [4.69, 9.17) is 9.72 Å². The standard InChI is InChI=1S/C25H21BrN2O2/c1-15-12-16(2)24-21(13-15)22(14-23(28-24)17-4-6-18(26)7-5-17)25(29)27-19-8-10-20(30-3)11-9-19/h4-14H,1-3H3,(H,27,29). The molecule has 0 atom stereocenters. The highest BCUT2D eigenvalue weighted by molar-refractivity contribution is 9.10. The maximum Gasteiger partial charge on any atom is 0.256 e. The topological polar surface area (TPSA) is 51.2 Å². The Hall–Kier alpha value is -3.18. The van der Waals surface area contributed by atoms with Crippen LogP contribution in [0.25, 0.3) is 22.2 Å². The van der Waals surface area contributed by atoms with E-state index in [1.54, 1.807) is 7.11 Å². The van der Waals surface area contributed by atoms with Gasteiger partial charge in [-0.05, 0) is 67.9 Å². The van der Waals surface area contributed by atoms with E-state index in [1.807, 2.05) is 74.5 Å². The van der Waals surface area contributed by atoms with E-state index < -0.39 is 0 Å². The van der Waals surface area contributed by atoms with Gasteiger partial charge in [-0.15, -0.1) is 0 Å². The molecule has 30 heavy (non-hydrogen) atoms. The van der Waals surface area contributed by atoms with Crippen molar-refractivity contribution >= 4 is 38.4 Å². The normalized spacial score (nSPS) is 10.8. The van der Waals surface area contributed by atoms with Crippen molar-refractivity contribution in [2.45, 2.75) is 13.8 Å². The number of amides is 1. The molecule has 0 aliphatic carbocycles. The lowest BCUT2D eigenvalue weighted by Crippen LogP contribution is -2.13. The molecule has 4 rings (SSSR count). The Morgan fingerprint density at radius 2 is 1.67 bits per heavy atom. The lowest BCUT2D eigenvalue weighted by atomic mass is 9.99. The van der Waals surface area contributed by atoms with E-state index in [1.165, 1.54) is 0 Å². The molecule has 0 saturated heterocycles. The van der Waals surface area contributed by atoms with E-state index in [2.05, 4.69) is 27.3 Å². The van der Waals surface area contributed by atoms with Crippen LogP contribution in [0.4, 0.5) is 5.69 Å². The number of benzene rings is 3. The number of nitrogens with one attached hydrogen (secondary N) is 1. The van der Waals surface area contributed by atoms with E-state index in [9.17, 15) is 4.79 Å². The highest BCUT2D eigenvalue weighted by Crippen LogP contribution is 2.29. The van der Waals surface area contributed by atoms with Gasteiger partial charge in [-0.25, -0.2) is 4.98 Å². The van der Waals surface area contributed by atoms with Crippen LogP contribution < -0.4 is 10.1 Å². The number of aromatic nitrogens is 1. The van der Waals surface area contributed by atoms with Crippen LogP contribution in [0.15, 0.2) is 71.2 Å². The minimum absolute atomic E-state index is 0.170. The minimum Gasteiger partial charge on any atom is -0.497 e. The molecule has 0 aliphatic heterocycles. The first-order chi connectivity index (χ1) is 14.4. The van der Waals surface area contributed by atoms with Crippen molar-refractivity contribution in [3.05, 3.63) is 87.9 Å². The number of ether oxygens (including phenoxy) is 1. The molecule has 0 fully saturated rings. The molecule has 1 aromatic heterocycles. The van der Waals surface area contributed by atoms with Crippen LogP contribution in [0.1, 0.15) is 21.5 Å². The van der Waals surface area contributed by atoms with Crippen LogP contribution >= 0.6 is 15.9 Å². The number of carbonyl (C=O) groups excluding carboxylic acids is 1. The van der Waals surface area contributed by atoms with E-state index in [-0.39, 0.29) is 5.91 Å². The number of fused-ring (bicyclic) bond motifs is 1. The smallest absolute Gasteiger partial charge is 0.256 e. The van der Waals surface area contributed by atoms with Crippen LogP contribution in [0.2, 0.25) is 0 Å². The van der Waals surface area contributed by atoms with Gasteiger partial charge < -0.3 is 10.1 Å². The zero-order valence-corrected chi connectivity index (χ0v) is 18.6. The van der Waals surface area contributed by atoms with Crippen LogP contribution in [0.3, 0.4) is 0 Å². The summed E-state index contributed by atoms with van der Waals surface area (Å²) in [6, 6.07) is 21.2. The van der Waals surface area contributed by atoms with Crippen LogP contribution in [0, 0.1) is 13.8 Å². The molecule has 3 aromatic carbocycles. The second kappa shape index (κ2) is 8.28. The number of nitrogens with zero attached hydrogens (tertiary/aromatic N) is 1. The fraction of sp³-hybridized carbons (Fsp3) is 0.120. The highest BCUT2D eigenvalue weighted by atomic mass is 79.9. The zero-order chi connectivity index (χ0) is 21.3. The van der Waals surface area contributed by atoms with Crippen LogP contribution in [-0.2, 0) is 0 Å². The van der Waals surface area contributed by atoms with Gasteiger partial charge in [-0.2, -0.15) is 0 Å². The van der Waals surface area contributed by atoms with Crippen LogP contribution in [-0.4, -0.2) is 18.0 Å². The number of methoxy groups -OCH3 is 1. The fourth-order valence-corrected chi connectivity index (χ4v) is 3.77. The van der Waals surface area contributed by atoms with Gasteiger partial charge in [0, 0.05) is 21.1 Å². The fourth-order valence-electron chi connectivity index (χ4n) is 3.51. The quantitative estimate of drug-likeness (QED) is 0.375. The first-order valence-electron chi connectivity index (χ1n) is 9.58. The molecule has 0 radical (unpaired) electrons. The molecule has 0 unspecified atom stereocenters. The van der Waals surface area contributed by atoms with Crippen molar-refractivity contribution in [3.63, 3.8) is 0 Å². The van der Waals surface area contributed by atoms with Gasteiger partial charge in [0.05, 0.1) is 23.9 Å². The van der Waals surface area contributed by atoms with Crippen molar-refractivity contribution in [1.82, 2.24) is 4.98 Å². The van der Waals surface area contributed by atoms with E-state index in [0.29, 0.717) is 11.3 Å². The number of pyridine rings is 1. The number of anilines is 1. The van der Waals surface area contributed by atoms with E-state index >= 15 is 0 Å². The number of hydrogen-bond acceptors (Lipinski definition) is 3. The van der Waals surface area contributed by atoms with Crippen molar-refractivity contribution < 1.29 is 9.53 Å². The summed E-state index contributed by atoms with van der Waals surface area (Å²) in [6.07, 6.45) is 0. The molecule has 5 heteroatoms. The largest absolute Gasteiger partial charge is 0.497 e. The summed E-state index contributed by atoms with van der Waals surface area (Å²) >= 11 is 3.47. The Kier molecular flexibility index (Phi) is 5.55. The van der Waals surface area contributed by atoms with E-state index in [0.717, 1.165) is 43.5 Å². The molecule has 4 aromatic rings. The summed E-state index contributed by atoms with van der Waals surface area (Å²) < 4.78 is 6.19. The molecular weight excluding hydrogens is 440 g/mol.